The van der Waals surface area contributed by atoms with Gasteiger partial charge in [-0.15, -0.1) is 0 Å². The van der Waals surface area contributed by atoms with Gasteiger partial charge in [0.05, 0.1) is 11.8 Å². The molecule has 0 atom stereocenters. The molecular weight excluding hydrogens is 493 g/mol. The van der Waals surface area contributed by atoms with Gasteiger partial charge < -0.3 is 0 Å². The molecule has 10 heteroatoms. The molecule has 4 fully saturated rings. The highest BCUT2D eigenvalue weighted by molar-refractivity contribution is 7.86. The van der Waals surface area contributed by atoms with Crippen molar-refractivity contribution in [1.29, 1.82) is 0 Å². The van der Waals surface area contributed by atoms with Crippen molar-refractivity contribution < 1.29 is 30.9 Å². The first kappa shape index (κ1) is 25.0. The van der Waals surface area contributed by atoms with Crippen molar-refractivity contribution in [2.24, 2.45) is 28.3 Å². The van der Waals surface area contributed by atoms with E-state index < -0.39 is 26.8 Å². The van der Waals surface area contributed by atoms with Gasteiger partial charge in [-0.25, -0.2) is 5.43 Å². The third kappa shape index (κ3) is 5.06. The predicted molar refractivity (Wildman–Crippen MR) is 128 cm³/mol. The number of carbonyl (C=O) groups is 1. The summed E-state index contributed by atoms with van der Waals surface area (Å²) >= 11 is 0. The summed E-state index contributed by atoms with van der Waals surface area (Å²) in [5.74, 6) is 1.93. The van der Waals surface area contributed by atoms with Crippen molar-refractivity contribution in [3.05, 3.63) is 53.6 Å². The largest absolute Gasteiger partial charge is 0.416 e. The second-order valence-electron chi connectivity index (χ2n) is 10.7. The number of benzene rings is 2. The van der Waals surface area contributed by atoms with E-state index in [4.69, 9.17) is 0 Å². The number of alkyl halides is 3. The third-order valence-corrected chi connectivity index (χ3v) is 8.84. The second kappa shape index (κ2) is 8.99. The quantitative estimate of drug-likeness (QED) is 0.291. The minimum absolute atomic E-state index is 0.0364. The summed E-state index contributed by atoms with van der Waals surface area (Å²) < 4.78 is 73.4. The van der Waals surface area contributed by atoms with E-state index in [1.165, 1.54) is 43.7 Å². The average molecular weight is 521 g/mol. The van der Waals surface area contributed by atoms with Gasteiger partial charge in [-0.3, -0.25) is 9.35 Å². The molecule has 0 heterocycles. The molecule has 2 aromatic rings. The Morgan fingerprint density at radius 3 is 2.22 bits per heavy atom. The van der Waals surface area contributed by atoms with Gasteiger partial charge >= 0.3 is 6.18 Å². The maximum Gasteiger partial charge on any atom is 0.416 e. The Morgan fingerprint density at radius 1 is 1.03 bits per heavy atom. The van der Waals surface area contributed by atoms with E-state index >= 15 is 0 Å². The molecule has 0 unspecified atom stereocenters. The van der Waals surface area contributed by atoms with Gasteiger partial charge in [-0.2, -0.15) is 26.7 Å². The van der Waals surface area contributed by atoms with Crippen LogP contribution in [0.3, 0.4) is 0 Å². The summed E-state index contributed by atoms with van der Waals surface area (Å²) in [5.41, 5.74) is 1.63. The highest BCUT2D eigenvalue weighted by Crippen LogP contribution is 2.61. The second-order valence-corrected chi connectivity index (χ2v) is 12.0. The van der Waals surface area contributed by atoms with Gasteiger partial charge in [0.2, 0.25) is 5.91 Å². The molecule has 36 heavy (non-hydrogen) atoms. The van der Waals surface area contributed by atoms with Crippen LogP contribution in [0.2, 0.25) is 0 Å². The molecule has 4 saturated carbocycles. The number of nitrogens with zero attached hydrogens (tertiary/aromatic N) is 1. The topological polar surface area (TPSA) is 95.8 Å². The SMILES string of the molecule is O=C(CC12CC3CC(CC(C3)C1)C2)N/N=C/c1ccccc1-c1cc(C(F)(F)F)ccc1S(=O)(=O)O. The number of hydrazone groups is 1. The van der Waals surface area contributed by atoms with Crippen LogP contribution in [0.1, 0.15) is 56.1 Å². The molecule has 2 N–H and O–H groups in total. The van der Waals surface area contributed by atoms with E-state index in [0.717, 1.165) is 25.3 Å². The zero-order valence-corrected chi connectivity index (χ0v) is 20.3. The molecule has 0 spiro atoms. The van der Waals surface area contributed by atoms with E-state index in [1.54, 1.807) is 6.07 Å². The highest BCUT2D eigenvalue weighted by Gasteiger charge is 2.51. The van der Waals surface area contributed by atoms with Crippen molar-refractivity contribution in [2.45, 2.75) is 56.0 Å². The Hall–Kier alpha value is -2.72. The monoisotopic (exact) mass is 520 g/mol. The Morgan fingerprint density at radius 2 is 1.64 bits per heavy atom. The van der Waals surface area contributed by atoms with Crippen LogP contribution in [0.15, 0.2) is 52.5 Å². The Kier molecular flexibility index (Phi) is 6.23. The van der Waals surface area contributed by atoms with Gasteiger partial charge in [0.1, 0.15) is 4.90 Å². The lowest BCUT2D eigenvalue weighted by Gasteiger charge is -2.56. The molecule has 2 aromatic carbocycles. The average Bonchev–Trinajstić information content (AvgIpc) is 2.76. The zero-order chi connectivity index (χ0) is 25.7. The van der Waals surface area contributed by atoms with Gasteiger partial charge in [-0.1, -0.05) is 24.3 Å². The van der Waals surface area contributed by atoms with Gasteiger partial charge in [0.25, 0.3) is 10.1 Å². The third-order valence-electron chi connectivity index (χ3n) is 7.93. The molecule has 4 aliphatic carbocycles. The summed E-state index contributed by atoms with van der Waals surface area (Å²) in [5, 5.41) is 4.03. The highest BCUT2D eigenvalue weighted by atomic mass is 32.2. The van der Waals surface area contributed by atoms with Crippen LogP contribution in [0.25, 0.3) is 11.1 Å². The fourth-order valence-corrected chi connectivity index (χ4v) is 7.74. The van der Waals surface area contributed by atoms with Crippen LogP contribution < -0.4 is 5.43 Å². The summed E-state index contributed by atoms with van der Waals surface area (Å²) in [6, 6.07) is 8.14. The molecular formula is C26H27F3N2O4S. The molecule has 0 saturated heterocycles. The fourth-order valence-electron chi connectivity index (χ4n) is 7.06. The molecule has 4 bridgehead atoms. The summed E-state index contributed by atoms with van der Waals surface area (Å²) in [7, 11) is -4.80. The van der Waals surface area contributed by atoms with E-state index in [9.17, 15) is 30.9 Å². The Labute approximate surface area is 207 Å². The van der Waals surface area contributed by atoms with Crippen LogP contribution in [0.4, 0.5) is 13.2 Å². The van der Waals surface area contributed by atoms with E-state index in [0.29, 0.717) is 36.3 Å². The minimum Gasteiger partial charge on any atom is -0.282 e. The summed E-state index contributed by atoms with van der Waals surface area (Å²) in [4.78, 5) is 12.1. The Bertz CT molecular complexity index is 1290. The van der Waals surface area contributed by atoms with Gasteiger partial charge in [-0.05, 0) is 85.5 Å². The fraction of sp³-hybridized carbons (Fsp3) is 0.462. The maximum atomic E-state index is 13.3. The number of halogens is 3. The number of hydrogen-bond donors (Lipinski definition) is 2. The number of rotatable bonds is 6. The lowest BCUT2D eigenvalue weighted by molar-refractivity contribution is -0.137. The van der Waals surface area contributed by atoms with Gasteiger partial charge in [0.15, 0.2) is 0 Å². The molecule has 6 rings (SSSR count). The van der Waals surface area contributed by atoms with Crippen LogP contribution >= 0.6 is 0 Å². The van der Waals surface area contributed by atoms with Crippen molar-refractivity contribution >= 4 is 22.2 Å². The maximum absolute atomic E-state index is 13.3. The molecule has 192 valence electrons. The lowest BCUT2D eigenvalue weighted by atomic mass is 9.49. The van der Waals surface area contributed by atoms with Crippen molar-refractivity contribution in [3.63, 3.8) is 0 Å². The van der Waals surface area contributed by atoms with E-state index in [1.807, 2.05) is 0 Å². The van der Waals surface area contributed by atoms with Crippen LogP contribution in [0.5, 0.6) is 0 Å². The van der Waals surface area contributed by atoms with Crippen LogP contribution in [0, 0.1) is 23.2 Å². The normalized spacial score (nSPS) is 27.5. The number of hydrogen-bond acceptors (Lipinski definition) is 4. The zero-order valence-electron chi connectivity index (χ0n) is 19.5. The molecule has 0 aromatic heterocycles. The lowest BCUT2D eigenvalue weighted by Crippen LogP contribution is -2.47. The molecule has 0 radical (unpaired) electrons. The summed E-state index contributed by atoms with van der Waals surface area (Å²) in [6.07, 6.45) is 4.02. The minimum atomic E-state index is -4.80. The summed E-state index contributed by atoms with van der Waals surface area (Å²) in [6.45, 7) is 0. The molecule has 0 aliphatic heterocycles. The molecule has 4 aliphatic rings. The standard InChI is InChI=1S/C26H27F3N2O4S/c27-26(28,29)20-5-6-23(36(33,34)35)22(10-20)21-4-2-1-3-19(21)15-30-31-24(32)14-25-11-16-7-17(12-25)9-18(8-16)13-25/h1-6,10,15-18H,7-9,11-14H2,(H,31,32)(H,33,34,35)/b30-15+. The van der Waals surface area contributed by atoms with Crippen molar-refractivity contribution in [1.82, 2.24) is 5.43 Å². The first-order chi connectivity index (χ1) is 16.9. The number of nitrogens with one attached hydrogen (secondary N) is 1. The number of carbonyl (C=O) groups excluding carboxylic acids is 1. The first-order valence-electron chi connectivity index (χ1n) is 12.0. The van der Waals surface area contributed by atoms with Gasteiger partial charge in [0, 0.05) is 17.5 Å². The van der Waals surface area contributed by atoms with Crippen LogP contribution in [-0.4, -0.2) is 25.1 Å². The van der Waals surface area contributed by atoms with Crippen LogP contribution in [-0.2, 0) is 21.1 Å². The van der Waals surface area contributed by atoms with Crippen molar-refractivity contribution in [2.75, 3.05) is 0 Å². The number of amides is 1. The van der Waals surface area contributed by atoms with E-state index in [2.05, 4.69) is 10.5 Å². The van der Waals surface area contributed by atoms with Crippen molar-refractivity contribution in [3.8, 4) is 11.1 Å². The molecule has 6 nitrogen and oxygen atoms in total. The predicted octanol–water partition coefficient (Wildman–Crippen LogP) is 5.68. The Balaban J connectivity index is 1.37. The van der Waals surface area contributed by atoms with E-state index in [-0.39, 0.29) is 28.0 Å². The smallest absolute Gasteiger partial charge is 0.282 e. The first-order valence-corrected chi connectivity index (χ1v) is 13.5. The molecule has 1 amide bonds.